The number of ether oxygens (including phenoxy) is 1. The normalized spacial score (nSPS) is 23.0. The van der Waals surface area contributed by atoms with E-state index in [0.29, 0.717) is 12.6 Å². The summed E-state index contributed by atoms with van der Waals surface area (Å²) in [5.41, 5.74) is 0.799. The molecule has 1 aliphatic rings. The average molecular weight is 291 g/mol. The monoisotopic (exact) mass is 291 g/mol. The minimum Gasteiger partial charge on any atom is -0.492 e. The van der Waals surface area contributed by atoms with E-state index in [1.807, 2.05) is 24.3 Å². The summed E-state index contributed by atoms with van der Waals surface area (Å²) >= 11 is 0. The lowest BCUT2D eigenvalue weighted by Crippen LogP contribution is -2.44. The number of carbonyl (C=O) groups is 1. The van der Waals surface area contributed by atoms with Gasteiger partial charge in [0.1, 0.15) is 12.4 Å². The summed E-state index contributed by atoms with van der Waals surface area (Å²) in [6.07, 6.45) is 2.66. The van der Waals surface area contributed by atoms with Gasteiger partial charge in [-0.05, 0) is 49.9 Å². The van der Waals surface area contributed by atoms with Gasteiger partial charge >= 0.3 is 5.97 Å². The Kier molecular flexibility index (Phi) is 5.62. The van der Waals surface area contributed by atoms with Crippen LogP contribution in [0.25, 0.3) is 0 Å². The van der Waals surface area contributed by atoms with Crippen molar-refractivity contribution in [2.75, 3.05) is 19.7 Å². The van der Waals surface area contributed by atoms with E-state index < -0.39 is 5.97 Å². The molecule has 116 valence electrons. The van der Waals surface area contributed by atoms with Crippen molar-refractivity contribution in [3.63, 3.8) is 0 Å². The molecule has 2 rings (SSSR count). The molecule has 0 spiro atoms. The smallest absolute Gasteiger partial charge is 0.307 e. The number of nitrogens with zero attached hydrogens (tertiary/aromatic N) is 1. The van der Waals surface area contributed by atoms with Gasteiger partial charge in [0.25, 0.3) is 0 Å². The quantitative estimate of drug-likeness (QED) is 0.875. The molecule has 0 saturated carbocycles. The summed E-state index contributed by atoms with van der Waals surface area (Å²) in [7, 11) is 0. The van der Waals surface area contributed by atoms with E-state index in [1.54, 1.807) is 0 Å². The van der Waals surface area contributed by atoms with E-state index in [9.17, 15) is 4.79 Å². The highest BCUT2D eigenvalue weighted by Gasteiger charge is 2.23. The van der Waals surface area contributed by atoms with E-state index >= 15 is 0 Å². The van der Waals surface area contributed by atoms with Crippen LogP contribution in [0.1, 0.15) is 32.3 Å². The molecule has 1 saturated heterocycles. The Morgan fingerprint density at radius 1 is 1.33 bits per heavy atom. The summed E-state index contributed by atoms with van der Waals surface area (Å²) in [5.74, 6) is 0.757. The molecule has 2 atom stereocenters. The number of piperidine rings is 1. The predicted molar refractivity (Wildman–Crippen MR) is 82.7 cm³/mol. The van der Waals surface area contributed by atoms with E-state index in [-0.39, 0.29) is 6.42 Å². The molecule has 1 aliphatic heterocycles. The molecule has 0 aromatic heterocycles. The van der Waals surface area contributed by atoms with Crippen molar-refractivity contribution < 1.29 is 14.6 Å². The van der Waals surface area contributed by atoms with Crippen LogP contribution in [0.4, 0.5) is 0 Å². The van der Waals surface area contributed by atoms with Gasteiger partial charge in [0.05, 0.1) is 6.42 Å². The highest BCUT2D eigenvalue weighted by atomic mass is 16.5. The van der Waals surface area contributed by atoms with E-state index in [4.69, 9.17) is 9.84 Å². The molecule has 4 heteroatoms. The zero-order valence-corrected chi connectivity index (χ0v) is 12.9. The zero-order chi connectivity index (χ0) is 15.2. The Morgan fingerprint density at radius 3 is 2.71 bits per heavy atom. The largest absolute Gasteiger partial charge is 0.492 e. The maximum atomic E-state index is 10.6. The zero-order valence-electron chi connectivity index (χ0n) is 12.9. The van der Waals surface area contributed by atoms with Crippen molar-refractivity contribution in [1.82, 2.24) is 4.90 Å². The Balaban J connectivity index is 1.76. The maximum absolute atomic E-state index is 10.6. The number of hydrogen-bond acceptors (Lipinski definition) is 3. The second-order valence-corrected chi connectivity index (χ2v) is 5.96. The second-order valence-electron chi connectivity index (χ2n) is 5.96. The molecule has 2 unspecified atom stereocenters. The van der Waals surface area contributed by atoms with Crippen LogP contribution in [0.3, 0.4) is 0 Å². The molecule has 1 aromatic carbocycles. The van der Waals surface area contributed by atoms with E-state index in [1.165, 1.54) is 12.8 Å². The molecule has 1 fully saturated rings. The van der Waals surface area contributed by atoms with Crippen LogP contribution in [0.5, 0.6) is 5.75 Å². The predicted octanol–water partition coefficient (Wildman–Crippen LogP) is 2.81. The number of aliphatic carboxylic acids is 1. The summed E-state index contributed by atoms with van der Waals surface area (Å²) in [4.78, 5) is 13.1. The van der Waals surface area contributed by atoms with Crippen molar-refractivity contribution in [2.45, 2.75) is 39.2 Å². The molecule has 1 aromatic rings. The van der Waals surface area contributed by atoms with Crippen molar-refractivity contribution in [3.8, 4) is 5.75 Å². The molecule has 4 nitrogen and oxygen atoms in total. The van der Waals surface area contributed by atoms with Crippen molar-refractivity contribution in [2.24, 2.45) is 5.92 Å². The van der Waals surface area contributed by atoms with Crippen LogP contribution >= 0.6 is 0 Å². The lowest BCUT2D eigenvalue weighted by Gasteiger charge is -2.37. The molecule has 1 N–H and O–H groups in total. The van der Waals surface area contributed by atoms with Crippen LogP contribution in [0.15, 0.2) is 24.3 Å². The third-order valence-electron chi connectivity index (χ3n) is 4.43. The van der Waals surface area contributed by atoms with Gasteiger partial charge < -0.3 is 9.84 Å². The van der Waals surface area contributed by atoms with Crippen molar-refractivity contribution in [3.05, 3.63) is 29.8 Å². The average Bonchev–Trinajstić information content (AvgIpc) is 2.45. The molecular formula is C17H25NO3. The van der Waals surface area contributed by atoms with Crippen LogP contribution in [0, 0.1) is 5.92 Å². The van der Waals surface area contributed by atoms with Gasteiger partial charge in [-0.2, -0.15) is 0 Å². The second kappa shape index (κ2) is 7.46. The Hall–Kier alpha value is -1.55. The van der Waals surface area contributed by atoms with Crippen LogP contribution < -0.4 is 4.74 Å². The lowest BCUT2D eigenvalue weighted by atomic mass is 9.92. The number of carboxylic acids is 1. The SMILES string of the molecule is CC1CCCN(CCOc2ccc(CC(=O)O)cc2)C1C. The van der Waals surface area contributed by atoms with E-state index in [0.717, 1.165) is 30.3 Å². The molecule has 0 amide bonds. The van der Waals surface area contributed by atoms with Crippen LogP contribution in [-0.4, -0.2) is 41.7 Å². The van der Waals surface area contributed by atoms with Crippen LogP contribution in [0.2, 0.25) is 0 Å². The standard InChI is InChI=1S/C17H25NO3/c1-13-4-3-9-18(14(13)2)10-11-21-16-7-5-15(6-8-16)12-17(19)20/h5-8,13-14H,3-4,9-12H2,1-2H3,(H,19,20). The Bertz CT molecular complexity index is 458. The molecule has 0 aliphatic carbocycles. The third kappa shape index (κ3) is 4.74. The first-order valence-corrected chi connectivity index (χ1v) is 7.74. The number of likely N-dealkylation sites (tertiary alicyclic amines) is 1. The summed E-state index contributed by atoms with van der Waals surface area (Å²) < 4.78 is 5.76. The van der Waals surface area contributed by atoms with Gasteiger partial charge in [0.2, 0.25) is 0 Å². The lowest BCUT2D eigenvalue weighted by molar-refractivity contribution is -0.136. The first-order chi connectivity index (χ1) is 10.1. The summed E-state index contributed by atoms with van der Waals surface area (Å²) in [6.45, 7) is 7.40. The van der Waals surface area contributed by atoms with Crippen LogP contribution in [-0.2, 0) is 11.2 Å². The first-order valence-electron chi connectivity index (χ1n) is 7.74. The van der Waals surface area contributed by atoms with Crippen molar-refractivity contribution in [1.29, 1.82) is 0 Å². The van der Waals surface area contributed by atoms with E-state index in [2.05, 4.69) is 18.7 Å². The third-order valence-corrected chi connectivity index (χ3v) is 4.43. The van der Waals surface area contributed by atoms with Crippen molar-refractivity contribution >= 4 is 5.97 Å². The molecule has 0 radical (unpaired) electrons. The number of carboxylic acid groups (broad SMARTS) is 1. The maximum Gasteiger partial charge on any atom is 0.307 e. The van der Waals surface area contributed by atoms with Gasteiger partial charge in [-0.15, -0.1) is 0 Å². The highest BCUT2D eigenvalue weighted by Crippen LogP contribution is 2.22. The number of rotatable bonds is 6. The van der Waals surface area contributed by atoms with Gasteiger partial charge in [-0.3, -0.25) is 9.69 Å². The first kappa shape index (κ1) is 15.8. The van der Waals surface area contributed by atoms with Gasteiger partial charge in [0.15, 0.2) is 0 Å². The minimum atomic E-state index is -0.808. The topological polar surface area (TPSA) is 49.8 Å². The minimum absolute atomic E-state index is 0.0590. The molecular weight excluding hydrogens is 266 g/mol. The molecule has 21 heavy (non-hydrogen) atoms. The molecule has 1 heterocycles. The Morgan fingerprint density at radius 2 is 2.05 bits per heavy atom. The summed E-state index contributed by atoms with van der Waals surface area (Å²) in [6, 6.07) is 7.95. The fourth-order valence-electron chi connectivity index (χ4n) is 2.90. The van der Waals surface area contributed by atoms with Gasteiger partial charge in [0, 0.05) is 12.6 Å². The fraction of sp³-hybridized carbons (Fsp3) is 0.588. The number of hydrogen-bond donors (Lipinski definition) is 1. The number of benzene rings is 1. The Labute approximate surface area is 126 Å². The summed E-state index contributed by atoms with van der Waals surface area (Å²) in [5, 5.41) is 8.73. The molecule has 0 bridgehead atoms. The fourth-order valence-corrected chi connectivity index (χ4v) is 2.90. The van der Waals surface area contributed by atoms with Gasteiger partial charge in [-0.25, -0.2) is 0 Å². The highest BCUT2D eigenvalue weighted by molar-refractivity contribution is 5.70. The van der Waals surface area contributed by atoms with Gasteiger partial charge in [-0.1, -0.05) is 19.1 Å².